The Morgan fingerprint density at radius 2 is 2.00 bits per heavy atom. The van der Waals surface area contributed by atoms with Crippen molar-refractivity contribution in [2.45, 2.75) is 44.6 Å². The zero-order valence-corrected chi connectivity index (χ0v) is 12.6. The molecular weight excluding hydrogens is 262 g/mol. The molecule has 1 saturated heterocycles. The van der Waals surface area contributed by atoms with Crippen molar-refractivity contribution in [1.29, 1.82) is 0 Å². The third-order valence-corrected chi connectivity index (χ3v) is 4.82. The Balaban J connectivity index is 1.80. The highest BCUT2D eigenvalue weighted by atomic mass is 16.2. The molecule has 2 aliphatic rings. The Bertz CT molecular complexity index is 503. The third kappa shape index (κ3) is 3.05. The molecule has 114 valence electrons. The van der Waals surface area contributed by atoms with E-state index in [9.17, 15) is 4.79 Å². The van der Waals surface area contributed by atoms with Gasteiger partial charge in [-0.2, -0.15) is 0 Å². The standard InChI is InChI=1S/C17H25N3O/c18-12-13-6-1-2-7-14(13)19-15-8-3-4-9-16(15)20-11-5-10-17(20)21/h3-4,8-9,13-14,19H,1-2,5-7,10-12,18H2. The van der Waals surface area contributed by atoms with Gasteiger partial charge in [0.1, 0.15) is 0 Å². The fourth-order valence-corrected chi connectivity index (χ4v) is 3.61. The molecule has 0 spiro atoms. The van der Waals surface area contributed by atoms with Gasteiger partial charge in [0.05, 0.1) is 11.4 Å². The van der Waals surface area contributed by atoms with Gasteiger partial charge in [-0.25, -0.2) is 0 Å². The number of benzene rings is 1. The molecule has 0 aromatic heterocycles. The lowest BCUT2D eigenvalue weighted by Gasteiger charge is -2.33. The number of hydrogen-bond acceptors (Lipinski definition) is 3. The number of nitrogens with one attached hydrogen (secondary N) is 1. The summed E-state index contributed by atoms with van der Waals surface area (Å²) in [4.78, 5) is 13.9. The Morgan fingerprint density at radius 1 is 1.19 bits per heavy atom. The molecule has 1 aromatic rings. The first-order chi connectivity index (χ1) is 10.3. The van der Waals surface area contributed by atoms with Crippen molar-refractivity contribution in [2.24, 2.45) is 11.7 Å². The summed E-state index contributed by atoms with van der Waals surface area (Å²) in [6.07, 6.45) is 6.56. The molecule has 2 fully saturated rings. The van der Waals surface area contributed by atoms with E-state index in [0.717, 1.165) is 30.9 Å². The monoisotopic (exact) mass is 287 g/mol. The number of hydrogen-bond donors (Lipinski definition) is 2. The van der Waals surface area contributed by atoms with Crippen LogP contribution in [0.2, 0.25) is 0 Å². The molecule has 2 unspecified atom stereocenters. The van der Waals surface area contributed by atoms with E-state index in [-0.39, 0.29) is 5.91 Å². The van der Waals surface area contributed by atoms with Crippen LogP contribution in [0.4, 0.5) is 11.4 Å². The molecular formula is C17H25N3O. The van der Waals surface area contributed by atoms with E-state index >= 15 is 0 Å². The van der Waals surface area contributed by atoms with E-state index in [1.165, 1.54) is 25.7 Å². The summed E-state index contributed by atoms with van der Waals surface area (Å²) >= 11 is 0. The summed E-state index contributed by atoms with van der Waals surface area (Å²) in [6, 6.07) is 8.61. The molecule has 1 saturated carbocycles. The van der Waals surface area contributed by atoms with Crippen LogP contribution in [0, 0.1) is 5.92 Å². The van der Waals surface area contributed by atoms with E-state index in [2.05, 4.69) is 11.4 Å². The van der Waals surface area contributed by atoms with Crippen LogP contribution in [-0.2, 0) is 4.79 Å². The van der Waals surface area contributed by atoms with E-state index in [4.69, 9.17) is 5.73 Å². The van der Waals surface area contributed by atoms with Crippen LogP contribution < -0.4 is 16.0 Å². The van der Waals surface area contributed by atoms with Gasteiger partial charge in [-0.1, -0.05) is 25.0 Å². The quantitative estimate of drug-likeness (QED) is 0.895. The molecule has 0 radical (unpaired) electrons. The molecule has 1 amide bonds. The number of rotatable bonds is 4. The molecule has 1 heterocycles. The van der Waals surface area contributed by atoms with Gasteiger partial charge < -0.3 is 16.0 Å². The molecule has 1 aliphatic heterocycles. The Morgan fingerprint density at radius 3 is 2.76 bits per heavy atom. The maximum absolute atomic E-state index is 12.0. The number of carbonyl (C=O) groups is 1. The number of anilines is 2. The van der Waals surface area contributed by atoms with Crippen molar-refractivity contribution in [3.05, 3.63) is 24.3 Å². The highest BCUT2D eigenvalue weighted by Crippen LogP contribution is 2.33. The number of nitrogens with zero attached hydrogens (tertiary/aromatic N) is 1. The summed E-state index contributed by atoms with van der Waals surface area (Å²) in [5, 5.41) is 3.67. The zero-order valence-electron chi connectivity index (χ0n) is 12.6. The van der Waals surface area contributed by atoms with Crippen molar-refractivity contribution in [3.8, 4) is 0 Å². The van der Waals surface area contributed by atoms with Crippen LogP contribution in [0.15, 0.2) is 24.3 Å². The van der Waals surface area contributed by atoms with Crippen LogP contribution in [0.1, 0.15) is 38.5 Å². The second kappa shape index (κ2) is 6.48. The summed E-state index contributed by atoms with van der Waals surface area (Å²) < 4.78 is 0. The van der Waals surface area contributed by atoms with Crippen LogP contribution >= 0.6 is 0 Å². The van der Waals surface area contributed by atoms with Crippen molar-refractivity contribution in [3.63, 3.8) is 0 Å². The first kappa shape index (κ1) is 14.4. The normalized spacial score (nSPS) is 26.1. The fourth-order valence-electron chi connectivity index (χ4n) is 3.61. The number of amides is 1. The Labute approximate surface area is 126 Å². The molecule has 4 nitrogen and oxygen atoms in total. The SMILES string of the molecule is NCC1CCCCC1Nc1ccccc1N1CCCC1=O. The molecule has 1 aliphatic carbocycles. The van der Waals surface area contributed by atoms with Gasteiger partial charge in [-0.3, -0.25) is 4.79 Å². The minimum Gasteiger partial charge on any atom is -0.380 e. The van der Waals surface area contributed by atoms with Crippen LogP contribution in [0.5, 0.6) is 0 Å². The lowest BCUT2D eigenvalue weighted by atomic mass is 9.84. The molecule has 3 rings (SSSR count). The zero-order chi connectivity index (χ0) is 14.7. The molecule has 21 heavy (non-hydrogen) atoms. The van der Waals surface area contributed by atoms with Crippen molar-refractivity contribution < 1.29 is 4.79 Å². The maximum atomic E-state index is 12.0. The first-order valence-corrected chi connectivity index (χ1v) is 8.15. The predicted octanol–water partition coefficient (Wildman–Crippen LogP) is 2.74. The van der Waals surface area contributed by atoms with Gasteiger partial charge in [0.2, 0.25) is 5.91 Å². The van der Waals surface area contributed by atoms with E-state index in [1.807, 2.05) is 23.1 Å². The van der Waals surface area contributed by atoms with E-state index in [1.54, 1.807) is 0 Å². The average molecular weight is 287 g/mol. The molecule has 0 bridgehead atoms. The summed E-state index contributed by atoms with van der Waals surface area (Å²) in [7, 11) is 0. The van der Waals surface area contributed by atoms with Crippen LogP contribution in [0.3, 0.4) is 0 Å². The first-order valence-electron chi connectivity index (χ1n) is 8.15. The van der Waals surface area contributed by atoms with Gasteiger partial charge in [0, 0.05) is 19.0 Å². The number of para-hydroxylation sites is 2. The van der Waals surface area contributed by atoms with E-state index < -0.39 is 0 Å². The summed E-state index contributed by atoms with van der Waals surface area (Å²) in [6.45, 7) is 1.57. The second-order valence-electron chi connectivity index (χ2n) is 6.20. The number of carbonyl (C=O) groups excluding carboxylic acids is 1. The maximum Gasteiger partial charge on any atom is 0.227 e. The smallest absolute Gasteiger partial charge is 0.227 e. The Hall–Kier alpha value is -1.55. The second-order valence-corrected chi connectivity index (χ2v) is 6.20. The average Bonchev–Trinajstić information content (AvgIpc) is 2.94. The lowest BCUT2D eigenvalue weighted by molar-refractivity contribution is -0.117. The fraction of sp³-hybridized carbons (Fsp3) is 0.588. The minimum absolute atomic E-state index is 0.239. The van der Waals surface area contributed by atoms with Crippen LogP contribution in [0.25, 0.3) is 0 Å². The minimum atomic E-state index is 0.239. The lowest BCUT2D eigenvalue weighted by Crippen LogP contribution is -2.37. The third-order valence-electron chi connectivity index (χ3n) is 4.82. The van der Waals surface area contributed by atoms with Crippen LogP contribution in [-0.4, -0.2) is 25.0 Å². The summed E-state index contributed by atoms with van der Waals surface area (Å²) in [5.74, 6) is 0.782. The predicted molar refractivity (Wildman–Crippen MR) is 86.5 cm³/mol. The summed E-state index contributed by atoms with van der Waals surface area (Å²) in [5.41, 5.74) is 8.04. The van der Waals surface area contributed by atoms with E-state index in [0.29, 0.717) is 18.4 Å². The van der Waals surface area contributed by atoms with Crippen molar-refractivity contribution in [2.75, 3.05) is 23.3 Å². The van der Waals surface area contributed by atoms with Crippen molar-refractivity contribution >= 4 is 17.3 Å². The molecule has 2 atom stereocenters. The Kier molecular flexibility index (Phi) is 4.44. The molecule has 4 heteroatoms. The number of nitrogens with two attached hydrogens (primary N) is 1. The van der Waals surface area contributed by atoms with Gasteiger partial charge >= 0.3 is 0 Å². The molecule has 1 aromatic carbocycles. The van der Waals surface area contributed by atoms with Gasteiger partial charge in [0.15, 0.2) is 0 Å². The molecule has 3 N–H and O–H groups in total. The highest BCUT2D eigenvalue weighted by molar-refractivity contribution is 5.98. The van der Waals surface area contributed by atoms with Gasteiger partial charge in [-0.05, 0) is 43.9 Å². The van der Waals surface area contributed by atoms with Crippen molar-refractivity contribution in [1.82, 2.24) is 0 Å². The highest BCUT2D eigenvalue weighted by Gasteiger charge is 2.27. The largest absolute Gasteiger partial charge is 0.380 e. The van der Waals surface area contributed by atoms with Gasteiger partial charge in [0.25, 0.3) is 0 Å². The van der Waals surface area contributed by atoms with Gasteiger partial charge in [-0.15, -0.1) is 0 Å². The topological polar surface area (TPSA) is 58.4 Å².